The first kappa shape index (κ1) is 10.1. The lowest BCUT2D eigenvalue weighted by Crippen LogP contribution is -1.98. The normalized spacial score (nSPS) is 10.4. The number of rotatable bonds is 4. The van der Waals surface area contributed by atoms with Gasteiger partial charge < -0.3 is 4.74 Å². The fourth-order valence-electron chi connectivity index (χ4n) is 1.09. The van der Waals surface area contributed by atoms with E-state index in [0.717, 1.165) is 6.07 Å². The van der Waals surface area contributed by atoms with Crippen LogP contribution in [0.15, 0.2) is 18.2 Å². The van der Waals surface area contributed by atoms with Crippen molar-refractivity contribution in [3.8, 4) is 0 Å². The van der Waals surface area contributed by atoms with E-state index in [1.165, 1.54) is 12.1 Å². The van der Waals surface area contributed by atoms with Crippen molar-refractivity contribution < 1.29 is 13.5 Å². The van der Waals surface area contributed by atoms with E-state index >= 15 is 0 Å². The van der Waals surface area contributed by atoms with Gasteiger partial charge in [-0.2, -0.15) is 0 Å². The van der Waals surface area contributed by atoms with Crippen molar-refractivity contribution >= 4 is 0 Å². The van der Waals surface area contributed by atoms with Gasteiger partial charge in [-0.3, -0.25) is 0 Å². The molecule has 0 aliphatic heterocycles. The van der Waals surface area contributed by atoms with Crippen molar-refractivity contribution in [1.29, 1.82) is 0 Å². The van der Waals surface area contributed by atoms with Crippen LogP contribution in [0.4, 0.5) is 8.78 Å². The second-order valence-corrected chi connectivity index (χ2v) is 2.72. The van der Waals surface area contributed by atoms with E-state index in [4.69, 9.17) is 4.74 Å². The highest BCUT2D eigenvalue weighted by atomic mass is 19.1. The van der Waals surface area contributed by atoms with Gasteiger partial charge in [0.05, 0.1) is 6.61 Å². The zero-order chi connectivity index (χ0) is 9.68. The van der Waals surface area contributed by atoms with E-state index < -0.39 is 11.6 Å². The summed E-state index contributed by atoms with van der Waals surface area (Å²) in [6.45, 7) is 3.00. The molecule has 0 amide bonds. The van der Waals surface area contributed by atoms with Crippen LogP contribution < -0.4 is 0 Å². The van der Waals surface area contributed by atoms with Crippen molar-refractivity contribution in [1.82, 2.24) is 0 Å². The second kappa shape index (κ2) is 4.92. The number of hydrogen-bond donors (Lipinski definition) is 0. The molecule has 0 aliphatic carbocycles. The number of hydrogen-bond acceptors (Lipinski definition) is 1. The fraction of sp³-hybridized carbons (Fsp3) is 0.400. The summed E-state index contributed by atoms with van der Waals surface area (Å²) in [5.41, 5.74) is 0.631. The summed E-state index contributed by atoms with van der Waals surface area (Å²) < 4.78 is 30.4. The van der Waals surface area contributed by atoms with Crippen LogP contribution in [-0.4, -0.2) is 13.2 Å². The maximum Gasteiger partial charge on any atom is 0.126 e. The smallest absolute Gasteiger partial charge is 0.126 e. The Balaban J connectivity index is 2.56. The Labute approximate surface area is 76.3 Å². The first-order valence-electron chi connectivity index (χ1n) is 4.25. The Hall–Kier alpha value is -0.960. The lowest BCUT2D eigenvalue weighted by atomic mass is 10.1. The van der Waals surface area contributed by atoms with Crippen molar-refractivity contribution in [2.24, 2.45) is 0 Å². The molecule has 1 nitrogen and oxygen atoms in total. The van der Waals surface area contributed by atoms with Crippen molar-refractivity contribution in [2.45, 2.75) is 13.3 Å². The van der Waals surface area contributed by atoms with E-state index in [1.54, 1.807) is 0 Å². The second-order valence-electron chi connectivity index (χ2n) is 2.72. The Morgan fingerprint density at radius 3 is 2.31 bits per heavy atom. The molecule has 0 unspecified atom stereocenters. The minimum atomic E-state index is -0.536. The first-order valence-corrected chi connectivity index (χ1v) is 4.25. The Bertz CT molecular complexity index is 253. The summed E-state index contributed by atoms with van der Waals surface area (Å²) in [6.07, 6.45) is 0.544. The topological polar surface area (TPSA) is 9.23 Å². The van der Waals surface area contributed by atoms with Crippen LogP contribution in [0.1, 0.15) is 12.5 Å². The van der Waals surface area contributed by atoms with Gasteiger partial charge in [-0.05, 0) is 31.0 Å². The fourth-order valence-corrected chi connectivity index (χ4v) is 1.09. The molecule has 1 aromatic rings. The molecule has 0 spiro atoms. The molecule has 0 bridgehead atoms. The number of ether oxygens (including phenoxy) is 1. The maximum absolute atomic E-state index is 12.7. The lowest BCUT2D eigenvalue weighted by molar-refractivity contribution is 0.151. The SMILES string of the molecule is CCOCCc1cc(F)cc(F)c1. The minimum Gasteiger partial charge on any atom is -0.381 e. The molecule has 0 fully saturated rings. The minimum absolute atomic E-state index is 0.499. The largest absolute Gasteiger partial charge is 0.381 e. The van der Waals surface area contributed by atoms with E-state index in [9.17, 15) is 8.78 Å². The van der Waals surface area contributed by atoms with Crippen LogP contribution in [0.3, 0.4) is 0 Å². The summed E-state index contributed by atoms with van der Waals surface area (Å²) in [4.78, 5) is 0. The molecule has 0 atom stereocenters. The monoisotopic (exact) mass is 186 g/mol. The molecular formula is C10H12F2O. The molecule has 0 N–H and O–H groups in total. The Kier molecular flexibility index (Phi) is 3.83. The highest BCUT2D eigenvalue weighted by Crippen LogP contribution is 2.08. The van der Waals surface area contributed by atoms with Gasteiger partial charge in [0, 0.05) is 12.7 Å². The van der Waals surface area contributed by atoms with Crippen LogP contribution >= 0.6 is 0 Å². The van der Waals surface area contributed by atoms with Gasteiger partial charge in [-0.25, -0.2) is 8.78 Å². The standard InChI is InChI=1S/C10H12F2O/c1-2-13-4-3-8-5-9(11)7-10(12)6-8/h5-7H,2-4H2,1H3. The third-order valence-corrected chi connectivity index (χ3v) is 1.66. The quantitative estimate of drug-likeness (QED) is 0.656. The van der Waals surface area contributed by atoms with Crippen molar-refractivity contribution in [3.05, 3.63) is 35.4 Å². The molecule has 1 rings (SSSR count). The van der Waals surface area contributed by atoms with E-state index in [1.807, 2.05) is 6.92 Å². The Morgan fingerprint density at radius 2 is 1.77 bits per heavy atom. The predicted molar refractivity (Wildman–Crippen MR) is 46.6 cm³/mol. The van der Waals surface area contributed by atoms with Gasteiger partial charge in [0.15, 0.2) is 0 Å². The summed E-state index contributed by atoms with van der Waals surface area (Å²) >= 11 is 0. The van der Waals surface area contributed by atoms with Crippen LogP contribution in [-0.2, 0) is 11.2 Å². The van der Waals surface area contributed by atoms with Gasteiger partial charge >= 0.3 is 0 Å². The maximum atomic E-state index is 12.7. The summed E-state index contributed by atoms with van der Waals surface area (Å²) in [6, 6.07) is 3.51. The molecule has 0 saturated carbocycles. The van der Waals surface area contributed by atoms with Gasteiger partial charge in [-0.1, -0.05) is 0 Å². The third kappa shape index (κ3) is 3.51. The summed E-state index contributed by atoms with van der Waals surface area (Å²) in [5.74, 6) is -1.07. The zero-order valence-electron chi connectivity index (χ0n) is 7.52. The average Bonchev–Trinajstić information content (AvgIpc) is 2.03. The van der Waals surface area contributed by atoms with E-state index in [0.29, 0.717) is 25.2 Å². The highest BCUT2D eigenvalue weighted by molar-refractivity contribution is 5.17. The number of benzene rings is 1. The number of halogens is 2. The van der Waals surface area contributed by atoms with E-state index in [-0.39, 0.29) is 0 Å². The summed E-state index contributed by atoms with van der Waals surface area (Å²) in [7, 11) is 0. The Morgan fingerprint density at radius 1 is 1.15 bits per heavy atom. The van der Waals surface area contributed by atoms with Gasteiger partial charge in [0.2, 0.25) is 0 Å². The molecule has 0 radical (unpaired) electrons. The molecule has 0 aromatic heterocycles. The van der Waals surface area contributed by atoms with Crippen LogP contribution in [0, 0.1) is 11.6 Å². The van der Waals surface area contributed by atoms with Crippen molar-refractivity contribution in [2.75, 3.05) is 13.2 Å². The predicted octanol–water partition coefficient (Wildman–Crippen LogP) is 2.54. The molecule has 72 valence electrons. The average molecular weight is 186 g/mol. The molecule has 0 heterocycles. The van der Waals surface area contributed by atoms with Gasteiger partial charge in [0.1, 0.15) is 11.6 Å². The molecule has 1 aromatic carbocycles. The molecule has 0 aliphatic rings. The van der Waals surface area contributed by atoms with E-state index in [2.05, 4.69) is 0 Å². The van der Waals surface area contributed by atoms with Crippen molar-refractivity contribution in [3.63, 3.8) is 0 Å². The van der Waals surface area contributed by atoms with Gasteiger partial charge in [0.25, 0.3) is 0 Å². The van der Waals surface area contributed by atoms with Crippen LogP contribution in [0.2, 0.25) is 0 Å². The summed E-state index contributed by atoms with van der Waals surface area (Å²) in [5, 5.41) is 0. The molecular weight excluding hydrogens is 174 g/mol. The first-order chi connectivity index (χ1) is 6.22. The molecule has 3 heteroatoms. The van der Waals surface area contributed by atoms with Crippen LogP contribution in [0.5, 0.6) is 0 Å². The third-order valence-electron chi connectivity index (χ3n) is 1.66. The van der Waals surface area contributed by atoms with Crippen LogP contribution in [0.25, 0.3) is 0 Å². The highest BCUT2D eigenvalue weighted by Gasteiger charge is 1.99. The zero-order valence-corrected chi connectivity index (χ0v) is 7.52. The lowest BCUT2D eigenvalue weighted by Gasteiger charge is -2.02. The molecule has 13 heavy (non-hydrogen) atoms. The molecule has 0 saturated heterocycles. The van der Waals surface area contributed by atoms with Gasteiger partial charge in [-0.15, -0.1) is 0 Å².